The van der Waals surface area contributed by atoms with Crippen LogP contribution in [0.15, 0.2) is 18.2 Å². The maximum Gasteiger partial charge on any atom is 0.345 e. The fraction of sp³-hybridized carbons (Fsp3) is 0.619. The predicted octanol–water partition coefficient (Wildman–Crippen LogP) is 3.39. The minimum absolute atomic E-state index is 0.126. The van der Waals surface area contributed by atoms with Gasteiger partial charge in [-0.15, -0.1) is 0 Å². The number of nitro benzene ring substituents is 1. The fourth-order valence-corrected chi connectivity index (χ4v) is 6.12. The number of nitrogens with zero attached hydrogens (tertiary/aromatic N) is 1. The first kappa shape index (κ1) is 18.9. The highest BCUT2D eigenvalue weighted by molar-refractivity contribution is 5.95. The van der Waals surface area contributed by atoms with Crippen LogP contribution in [-0.2, 0) is 9.53 Å². The third-order valence-corrected chi connectivity index (χ3v) is 6.80. The summed E-state index contributed by atoms with van der Waals surface area (Å²) < 4.78 is 5.05. The topological polar surface area (TPSA) is 98.5 Å². The molecular formula is C21H26N2O5. The van der Waals surface area contributed by atoms with Gasteiger partial charge in [0.2, 0.25) is 0 Å². The van der Waals surface area contributed by atoms with Crippen molar-refractivity contribution >= 4 is 17.6 Å². The molecule has 0 saturated heterocycles. The molecule has 4 aliphatic rings. The van der Waals surface area contributed by atoms with Crippen LogP contribution in [-0.4, -0.2) is 30.0 Å². The smallest absolute Gasteiger partial charge is 0.345 e. The molecule has 1 aromatic rings. The molecule has 7 nitrogen and oxygen atoms in total. The van der Waals surface area contributed by atoms with Gasteiger partial charge in [-0.3, -0.25) is 14.9 Å². The molecule has 0 radical (unpaired) electrons. The number of benzene rings is 1. The van der Waals surface area contributed by atoms with E-state index in [1.165, 1.54) is 44.6 Å². The molecule has 28 heavy (non-hydrogen) atoms. The van der Waals surface area contributed by atoms with Crippen LogP contribution in [0.2, 0.25) is 0 Å². The SMILES string of the molecule is Cc1cccc(C(=O)OCC(=O)NCC23CC4CC(CC(C4)C2)C3)c1[N+](=O)[O-]. The number of aryl methyl sites for hydroxylation is 1. The lowest BCUT2D eigenvalue weighted by Crippen LogP contribution is -2.51. The Balaban J connectivity index is 1.31. The van der Waals surface area contributed by atoms with Gasteiger partial charge >= 0.3 is 5.97 Å². The Morgan fingerprint density at radius 3 is 2.36 bits per heavy atom. The van der Waals surface area contributed by atoms with E-state index in [0.717, 1.165) is 17.8 Å². The monoisotopic (exact) mass is 386 g/mol. The number of carbonyl (C=O) groups is 2. The van der Waals surface area contributed by atoms with E-state index in [1.54, 1.807) is 19.1 Å². The van der Waals surface area contributed by atoms with E-state index in [1.807, 2.05) is 0 Å². The number of esters is 1. The largest absolute Gasteiger partial charge is 0.452 e. The van der Waals surface area contributed by atoms with Crippen molar-refractivity contribution in [2.45, 2.75) is 45.4 Å². The Hall–Kier alpha value is -2.44. The molecule has 4 aliphatic carbocycles. The van der Waals surface area contributed by atoms with E-state index in [2.05, 4.69) is 5.32 Å². The zero-order chi connectivity index (χ0) is 19.9. The van der Waals surface area contributed by atoms with Crippen LogP contribution in [0.1, 0.15) is 54.4 Å². The second-order valence-corrected chi connectivity index (χ2v) is 9.00. The summed E-state index contributed by atoms with van der Waals surface area (Å²) in [7, 11) is 0. The van der Waals surface area contributed by atoms with Crippen LogP contribution in [0.25, 0.3) is 0 Å². The van der Waals surface area contributed by atoms with E-state index in [4.69, 9.17) is 4.74 Å². The molecule has 150 valence electrons. The summed E-state index contributed by atoms with van der Waals surface area (Å²) in [6.45, 7) is 1.78. The fourth-order valence-electron chi connectivity index (χ4n) is 6.12. The molecule has 1 N–H and O–H groups in total. The molecule has 4 saturated carbocycles. The number of para-hydroxylation sites is 1. The zero-order valence-electron chi connectivity index (χ0n) is 16.1. The number of nitro groups is 1. The average molecular weight is 386 g/mol. The van der Waals surface area contributed by atoms with Crippen LogP contribution in [0, 0.1) is 40.2 Å². The summed E-state index contributed by atoms with van der Waals surface area (Å²) >= 11 is 0. The molecule has 4 fully saturated rings. The number of amides is 1. The minimum Gasteiger partial charge on any atom is -0.452 e. The zero-order valence-corrected chi connectivity index (χ0v) is 16.1. The highest BCUT2D eigenvalue weighted by atomic mass is 16.6. The molecule has 0 unspecified atom stereocenters. The van der Waals surface area contributed by atoms with Crippen molar-refractivity contribution in [3.63, 3.8) is 0 Å². The minimum atomic E-state index is -0.847. The summed E-state index contributed by atoms with van der Waals surface area (Å²) in [5.74, 6) is 1.23. The van der Waals surface area contributed by atoms with Crippen LogP contribution >= 0.6 is 0 Å². The number of hydrogen-bond acceptors (Lipinski definition) is 5. The molecule has 0 atom stereocenters. The van der Waals surface area contributed by atoms with Crippen LogP contribution < -0.4 is 5.32 Å². The predicted molar refractivity (Wildman–Crippen MR) is 102 cm³/mol. The third-order valence-electron chi connectivity index (χ3n) is 6.80. The molecule has 0 aromatic heterocycles. The van der Waals surface area contributed by atoms with Gasteiger partial charge in [0, 0.05) is 12.1 Å². The first-order valence-corrected chi connectivity index (χ1v) is 10.0. The Morgan fingerprint density at radius 2 is 1.79 bits per heavy atom. The van der Waals surface area contributed by atoms with Crippen LogP contribution in [0.3, 0.4) is 0 Å². The van der Waals surface area contributed by atoms with Gasteiger partial charge in [-0.05, 0) is 74.7 Å². The Labute approximate surface area is 164 Å². The standard InChI is InChI=1S/C21H26N2O5/c1-13-3-2-4-17(19(13)23(26)27)20(25)28-11-18(24)22-12-21-8-14-5-15(9-21)7-16(6-14)10-21/h2-4,14-16H,5-12H2,1H3,(H,22,24). The summed E-state index contributed by atoms with van der Waals surface area (Å²) in [5, 5.41) is 14.2. The number of carbonyl (C=O) groups excluding carboxylic acids is 2. The number of nitrogens with one attached hydrogen (secondary N) is 1. The highest BCUT2D eigenvalue weighted by Gasteiger charge is 2.50. The molecular weight excluding hydrogens is 360 g/mol. The summed E-state index contributed by atoms with van der Waals surface area (Å²) in [6.07, 6.45) is 7.61. The first-order chi connectivity index (χ1) is 13.3. The second-order valence-electron chi connectivity index (χ2n) is 9.00. The maximum atomic E-state index is 12.2. The Bertz CT molecular complexity index is 784. The Morgan fingerprint density at radius 1 is 1.18 bits per heavy atom. The van der Waals surface area contributed by atoms with Gasteiger partial charge in [0.1, 0.15) is 5.56 Å². The van der Waals surface area contributed by atoms with Gasteiger partial charge in [0.25, 0.3) is 11.6 Å². The second kappa shape index (κ2) is 7.18. The average Bonchev–Trinajstić information content (AvgIpc) is 2.63. The molecule has 1 aromatic carbocycles. The Kier molecular flexibility index (Phi) is 4.85. The molecule has 1 amide bonds. The van der Waals surface area contributed by atoms with Gasteiger partial charge in [-0.25, -0.2) is 4.79 Å². The maximum absolute atomic E-state index is 12.2. The number of rotatable bonds is 6. The van der Waals surface area contributed by atoms with E-state index < -0.39 is 17.5 Å². The van der Waals surface area contributed by atoms with E-state index in [9.17, 15) is 19.7 Å². The van der Waals surface area contributed by atoms with E-state index in [-0.39, 0.29) is 22.6 Å². The van der Waals surface area contributed by atoms with Crippen molar-refractivity contribution in [2.75, 3.05) is 13.2 Å². The molecule has 4 bridgehead atoms. The third kappa shape index (κ3) is 3.62. The van der Waals surface area contributed by atoms with Crippen LogP contribution in [0.5, 0.6) is 0 Å². The van der Waals surface area contributed by atoms with Gasteiger partial charge in [0.05, 0.1) is 4.92 Å². The lowest BCUT2D eigenvalue weighted by Gasteiger charge is -2.56. The van der Waals surface area contributed by atoms with Crippen molar-refractivity contribution in [1.29, 1.82) is 0 Å². The van der Waals surface area contributed by atoms with Gasteiger partial charge in [-0.2, -0.15) is 0 Å². The van der Waals surface area contributed by atoms with Crippen molar-refractivity contribution in [2.24, 2.45) is 23.2 Å². The van der Waals surface area contributed by atoms with Crippen molar-refractivity contribution in [3.05, 3.63) is 39.4 Å². The van der Waals surface area contributed by atoms with Crippen molar-refractivity contribution in [1.82, 2.24) is 5.32 Å². The van der Waals surface area contributed by atoms with Gasteiger partial charge in [0.15, 0.2) is 6.61 Å². The summed E-state index contributed by atoms with van der Waals surface area (Å²) in [4.78, 5) is 35.1. The molecule has 7 heteroatoms. The number of ether oxygens (including phenoxy) is 1. The molecule has 5 rings (SSSR count). The van der Waals surface area contributed by atoms with Gasteiger partial charge < -0.3 is 10.1 Å². The van der Waals surface area contributed by atoms with Crippen molar-refractivity contribution in [3.8, 4) is 0 Å². The molecule has 0 spiro atoms. The number of hydrogen-bond donors (Lipinski definition) is 1. The van der Waals surface area contributed by atoms with E-state index in [0.29, 0.717) is 12.1 Å². The molecule has 0 aliphatic heterocycles. The van der Waals surface area contributed by atoms with Crippen molar-refractivity contribution < 1.29 is 19.2 Å². The normalized spacial score (nSPS) is 30.1. The van der Waals surface area contributed by atoms with Crippen LogP contribution in [0.4, 0.5) is 5.69 Å². The van der Waals surface area contributed by atoms with E-state index >= 15 is 0 Å². The quantitative estimate of drug-likeness (QED) is 0.459. The summed E-state index contributed by atoms with van der Waals surface area (Å²) in [5.41, 5.74) is 0.190. The summed E-state index contributed by atoms with van der Waals surface area (Å²) in [6, 6.07) is 4.47. The highest BCUT2D eigenvalue weighted by Crippen LogP contribution is 2.59. The molecule has 0 heterocycles. The van der Waals surface area contributed by atoms with Gasteiger partial charge in [-0.1, -0.05) is 12.1 Å². The lowest BCUT2D eigenvalue weighted by molar-refractivity contribution is -0.385. The first-order valence-electron chi connectivity index (χ1n) is 10.0. The lowest BCUT2D eigenvalue weighted by atomic mass is 9.49.